The molecule has 0 saturated heterocycles. The molecule has 0 saturated carbocycles. The molecular weight excluding hydrogens is 382 g/mol. The molecule has 1 unspecified atom stereocenters. The van der Waals surface area contributed by atoms with Crippen molar-refractivity contribution in [1.82, 2.24) is 5.32 Å². The van der Waals surface area contributed by atoms with Crippen LogP contribution in [0.4, 0.5) is 0 Å². The Bertz CT molecular complexity index is 693. The third-order valence-electron chi connectivity index (χ3n) is 3.37. The minimum absolute atomic E-state index is 0.249. The molecule has 0 aliphatic carbocycles. The molecular formula is C17H17BrClNO3. The third-order valence-corrected chi connectivity index (χ3v) is 4.19. The van der Waals surface area contributed by atoms with Gasteiger partial charge in [0.15, 0.2) is 0 Å². The summed E-state index contributed by atoms with van der Waals surface area (Å²) < 4.78 is 11.5. The molecule has 2 aromatic carbocycles. The van der Waals surface area contributed by atoms with Gasteiger partial charge in [0.05, 0.1) is 23.8 Å². The molecule has 0 heterocycles. The minimum atomic E-state index is -0.278. The third kappa shape index (κ3) is 4.70. The molecule has 0 fully saturated rings. The standard InChI is InChI=1S/C17H17BrClNO3/c1-22-13-5-3-4-11(8-13)16(23-2)10-20-17(21)14-9-12(18)6-7-15(14)19/h3-9,16H,10H2,1-2H3,(H,20,21). The Morgan fingerprint density at radius 3 is 2.74 bits per heavy atom. The first-order chi connectivity index (χ1) is 11.0. The van der Waals surface area contributed by atoms with E-state index in [0.29, 0.717) is 17.1 Å². The Hall–Kier alpha value is -1.56. The normalized spacial score (nSPS) is 11.8. The number of hydrogen-bond acceptors (Lipinski definition) is 3. The molecule has 23 heavy (non-hydrogen) atoms. The molecule has 6 heteroatoms. The fraction of sp³-hybridized carbons (Fsp3) is 0.235. The monoisotopic (exact) mass is 397 g/mol. The molecule has 1 atom stereocenters. The Morgan fingerprint density at radius 1 is 1.26 bits per heavy atom. The van der Waals surface area contributed by atoms with Crippen molar-refractivity contribution >= 4 is 33.4 Å². The van der Waals surface area contributed by atoms with E-state index in [1.54, 1.807) is 32.4 Å². The number of ether oxygens (including phenoxy) is 2. The molecule has 0 aliphatic heterocycles. The lowest BCUT2D eigenvalue weighted by molar-refractivity contribution is 0.0827. The van der Waals surface area contributed by atoms with Gasteiger partial charge in [0, 0.05) is 18.1 Å². The van der Waals surface area contributed by atoms with Crippen molar-refractivity contribution in [2.45, 2.75) is 6.10 Å². The van der Waals surface area contributed by atoms with Crippen LogP contribution in [0, 0.1) is 0 Å². The zero-order valence-electron chi connectivity index (χ0n) is 12.8. The van der Waals surface area contributed by atoms with Crippen LogP contribution in [0.15, 0.2) is 46.9 Å². The highest BCUT2D eigenvalue weighted by Gasteiger charge is 2.15. The van der Waals surface area contributed by atoms with Crippen LogP contribution in [0.25, 0.3) is 0 Å². The minimum Gasteiger partial charge on any atom is -0.497 e. The van der Waals surface area contributed by atoms with E-state index < -0.39 is 0 Å². The fourth-order valence-electron chi connectivity index (χ4n) is 2.13. The van der Waals surface area contributed by atoms with E-state index in [2.05, 4.69) is 21.2 Å². The van der Waals surface area contributed by atoms with Crippen molar-refractivity contribution < 1.29 is 14.3 Å². The van der Waals surface area contributed by atoms with E-state index in [1.165, 1.54) is 0 Å². The number of hydrogen-bond donors (Lipinski definition) is 1. The molecule has 1 amide bonds. The molecule has 0 aliphatic rings. The van der Waals surface area contributed by atoms with Crippen LogP contribution in [-0.2, 0) is 4.74 Å². The Balaban J connectivity index is 2.07. The van der Waals surface area contributed by atoms with Crippen LogP contribution in [0.1, 0.15) is 22.0 Å². The van der Waals surface area contributed by atoms with Gasteiger partial charge in [-0.15, -0.1) is 0 Å². The topological polar surface area (TPSA) is 47.6 Å². The maximum Gasteiger partial charge on any atom is 0.252 e. The first kappa shape index (κ1) is 17.8. The van der Waals surface area contributed by atoms with Gasteiger partial charge < -0.3 is 14.8 Å². The lowest BCUT2D eigenvalue weighted by atomic mass is 10.1. The van der Waals surface area contributed by atoms with Crippen LogP contribution in [0.2, 0.25) is 5.02 Å². The lowest BCUT2D eigenvalue weighted by Crippen LogP contribution is -2.29. The van der Waals surface area contributed by atoms with Crippen LogP contribution in [0.5, 0.6) is 5.75 Å². The molecule has 4 nitrogen and oxygen atoms in total. The first-order valence-electron chi connectivity index (χ1n) is 6.95. The summed E-state index contributed by atoms with van der Waals surface area (Å²) in [6.07, 6.45) is -0.278. The van der Waals surface area contributed by atoms with Gasteiger partial charge in [-0.3, -0.25) is 4.79 Å². The van der Waals surface area contributed by atoms with E-state index >= 15 is 0 Å². The molecule has 0 radical (unpaired) electrons. The lowest BCUT2D eigenvalue weighted by Gasteiger charge is -2.17. The van der Waals surface area contributed by atoms with E-state index in [-0.39, 0.29) is 12.0 Å². The summed E-state index contributed by atoms with van der Waals surface area (Å²) in [7, 11) is 3.21. The molecule has 1 N–H and O–H groups in total. The van der Waals surface area contributed by atoms with Gasteiger partial charge in [-0.2, -0.15) is 0 Å². The van der Waals surface area contributed by atoms with Crippen molar-refractivity contribution in [2.24, 2.45) is 0 Å². The van der Waals surface area contributed by atoms with Crippen molar-refractivity contribution in [3.8, 4) is 5.75 Å². The summed E-state index contributed by atoms with van der Waals surface area (Å²) in [6, 6.07) is 12.7. The van der Waals surface area contributed by atoms with Crippen molar-refractivity contribution in [3.05, 3.63) is 63.1 Å². The summed E-state index contributed by atoms with van der Waals surface area (Å²) in [5.41, 5.74) is 1.34. The van der Waals surface area contributed by atoms with Crippen LogP contribution >= 0.6 is 27.5 Å². The molecule has 122 valence electrons. The summed E-state index contributed by atoms with van der Waals surface area (Å²) >= 11 is 9.40. The summed E-state index contributed by atoms with van der Waals surface area (Å²) in [4.78, 5) is 12.3. The number of methoxy groups -OCH3 is 2. The number of amides is 1. The fourth-order valence-corrected chi connectivity index (χ4v) is 2.70. The zero-order chi connectivity index (χ0) is 16.8. The molecule has 0 aromatic heterocycles. The molecule has 2 aromatic rings. The highest BCUT2D eigenvalue weighted by atomic mass is 79.9. The number of carbonyl (C=O) groups excluding carboxylic acids is 1. The second-order valence-corrected chi connectivity index (χ2v) is 6.16. The molecule has 0 bridgehead atoms. The van der Waals surface area contributed by atoms with Gasteiger partial charge in [0.1, 0.15) is 5.75 Å². The van der Waals surface area contributed by atoms with E-state index in [1.807, 2.05) is 24.3 Å². The average Bonchev–Trinajstić information content (AvgIpc) is 2.57. The second kappa shape index (κ2) is 8.34. The van der Waals surface area contributed by atoms with Crippen molar-refractivity contribution in [3.63, 3.8) is 0 Å². The number of rotatable bonds is 6. The highest BCUT2D eigenvalue weighted by Crippen LogP contribution is 2.23. The van der Waals surface area contributed by atoms with Gasteiger partial charge in [0.2, 0.25) is 0 Å². The van der Waals surface area contributed by atoms with Crippen LogP contribution in [0.3, 0.4) is 0 Å². The van der Waals surface area contributed by atoms with Gasteiger partial charge >= 0.3 is 0 Å². The van der Waals surface area contributed by atoms with Gasteiger partial charge in [-0.05, 0) is 35.9 Å². The largest absolute Gasteiger partial charge is 0.497 e. The first-order valence-corrected chi connectivity index (χ1v) is 8.12. The summed E-state index contributed by atoms with van der Waals surface area (Å²) in [5.74, 6) is 0.493. The predicted molar refractivity (Wildman–Crippen MR) is 94.2 cm³/mol. The van der Waals surface area contributed by atoms with Crippen LogP contribution in [-0.4, -0.2) is 26.7 Å². The van der Waals surface area contributed by atoms with E-state index in [9.17, 15) is 4.79 Å². The zero-order valence-corrected chi connectivity index (χ0v) is 15.1. The SMILES string of the molecule is COc1cccc(C(CNC(=O)c2cc(Br)ccc2Cl)OC)c1. The maximum atomic E-state index is 12.3. The summed E-state index contributed by atoms with van der Waals surface area (Å²) in [6.45, 7) is 0.325. The van der Waals surface area contributed by atoms with Crippen LogP contribution < -0.4 is 10.1 Å². The number of nitrogens with one attached hydrogen (secondary N) is 1. The number of benzene rings is 2. The van der Waals surface area contributed by atoms with Gasteiger partial charge in [-0.25, -0.2) is 0 Å². The Labute approximate surface area is 148 Å². The van der Waals surface area contributed by atoms with Gasteiger partial charge in [0.25, 0.3) is 5.91 Å². The Kier molecular flexibility index (Phi) is 6.45. The Morgan fingerprint density at radius 2 is 2.04 bits per heavy atom. The molecule has 2 rings (SSSR count). The van der Waals surface area contributed by atoms with Crippen molar-refractivity contribution in [1.29, 1.82) is 0 Å². The maximum absolute atomic E-state index is 12.3. The van der Waals surface area contributed by atoms with Gasteiger partial charge in [-0.1, -0.05) is 39.7 Å². The predicted octanol–water partition coefficient (Wildman–Crippen LogP) is 4.23. The van der Waals surface area contributed by atoms with E-state index in [4.69, 9.17) is 21.1 Å². The second-order valence-electron chi connectivity index (χ2n) is 4.84. The number of halogens is 2. The quantitative estimate of drug-likeness (QED) is 0.792. The summed E-state index contributed by atoms with van der Waals surface area (Å²) in [5, 5.41) is 3.25. The van der Waals surface area contributed by atoms with E-state index in [0.717, 1.165) is 15.8 Å². The average molecular weight is 399 g/mol. The smallest absolute Gasteiger partial charge is 0.252 e. The van der Waals surface area contributed by atoms with Crippen molar-refractivity contribution in [2.75, 3.05) is 20.8 Å². The number of carbonyl (C=O) groups is 1. The molecule has 0 spiro atoms. The highest BCUT2D eigenvalue weighted by molar-refractivity contribution is 9.10.